The number of allylic oxidation sites excluding steroid dienone is 1. The van der Waals surface area contributed by atoms with Crippen LogP contribution >= 0.6 is 11.6 Å². The van der Waals surface area contributed by atoms with Crippen molar-refractivity contribution in [2.24, 2.45) is 0 Å². The molecule has 0 bridgehead atoms. The molecule has 0 radical (unpaired) electrons. The SMILES string of the molecule is COc1ccc(/C=C/C(=O)c2ccccc2)cc1COc1ccc(Cl)cc1. The maximum Gasteiger partial charge on any atom is 0.185 e. The van der Waals surface area contributed by atoms with Gasteiger partial charge in [0.2, 0.25) is 0 Å². The van der Waals surface area contributed by atoms with Crippen LogP contribution in [0.3, 0.4) is 0 Å². The highest BCUT2D eigenvalue weighted by Gasteiger charge is 2.06. The van der Waals surface area contributed by atoms with Crippen LogP contribution in [-0.2, 0) is 6.61 Å². The molecule has 0 N–H and O–H groups in total. The van der Waals surface area contributed by atoms with Crippen molar-refractivity contribution < 1.29 is 14.3 Å². The molecule has 0 amide bonds. The molecule has 3 aromatic carbocycles. The fourth-order valence-electron chi connectivity index (χ4n) is 2.58. The van der Waals surface area contributed by atoms with Gasteiger partial charge in [0.1, 0.15) is 18.1 Å². The summed E-state index contributed by atoms with van der Waals surface area (Å²) in [6, 6.07) is 22.1. The molecular formula is C23H19ClO3. The second-order valence-electron chi connectivity index (χ2n) is 5.88. The standard InChI is InChI=1S/C23H19ClO3/c1-26-23-14-8-17(7-13-22(25)18-5-3-2-4-6-18)15-19(23)16-27-21-11-9-20(24)10-12-21/h2-15H,16H2,1H3/b13-7+. The Balaban J connectivity index is 1.73. The molecule has 0 saturated carbocycles. The van der Waals surface area contributed by atoms with E-state index in [4.69, 9.17) is 21.1 Å². The number of carbonyl (C=O) groups is 1. The Labute approximate surface area is 163 Å². The quantitative estimate of drug-likeness (QED) is 0.383. The number of rotatable bonds is 7. The number of carbonyl (C=O) groups excluding carboxylic acids is 1. The number of methoxy groups -OCH3 is 1. The van der Waals surface area contributed by atoms with Gasteiger partial charge in [-0.15, -0.1) is 0 Å². The van der Waals surface area contributed by atoms with Crippen LogP contribution < -0.4 is 9.47 Å². The number of halogens is 1. The topological polar surface area (TPSA) is 35.5 Å². The molecule has 0 fully saturated rings. The van der Waals surface area contributed by atoms with Crippen LogP contribution in [0.2, 0.25) is 5.02 Å². The molecule has 4 heteroatoms. The molecule has 0 spiro atoms. The Morgan fingerprint density at radius 2 is 1.74 bits per heavy atom. The van der Waals surface area contributed by atoms with E-state index < -0.39 is 0 Å². The van der Waals surface area contributed by atoms with Crippen molar-refractivity contribution in [3.8, 4) is 11.5 Å². The van der Waals surface area contributed by atoms with Crippen LogP contribution in [0, 0.1) is 0 Å². The van der Waals surface area contributed by atoms with Gasteiger partial charge >= 0.3 is 0 Å². The molecule has 136 valence electrons. The van der Waals surface area contributed by atoms with E-state index in [2.05, 4.69) is 0 Å². The maximum atomic E-state index is 12.2. The van der Waals surface area contributed by atoms with Crippen LogP contribution in [0.15, 0.2) is 78.9 Å². The Kier molecular flexibility index (Phi) is 6.29. The summed E-state index contributed by atoms with van der Waals surface area (Å²) in [5.74, 6) is 1.42. The number of hydrogen-bond acceptors (Lipinski definition) is 3. The van der Waals surface area contributed by atoms with E-state index in [1.165, 1.54) is 0 Å². The molecule has 0 unspecified atom stereocenters. The van der Waals surface area contributed by atoms with E-state index >= 15 is 0 Å². The Hall–Kier alpha value is -3.04. The van der Waals surface area contributed by atoms with Gasteiger partial charge in [-0.25, -0.2) is 0 Å². The summed E-state index contributed by atoms with van der Waals surface area (Å²) in [4.78, 5) is 12.2. The van der Waals surface area contributed by atoms with Crippen molar-refractivity contribution in [1.29, 1.82) is 0 Å². The highest BCUT2D eigenvalue weighted by atomic mass is 35.5. The summed E-state index contributed by atoms with van der Waals surface area (Å²) in [6.45, 7) is 0.346. The van der Waals surface area contributed by atoms with Crippen molar-refractivity contribution >= 4 is 23.5 Å². The van der Waals surface area contributed by atoms with Gasteiger partial charge in [-0.2, -0.15) is 0 Å². The van der Waals surface area contributed by atoms with Gasteiger partial charge in [-0.3, -0.25) is 4.79 Å². The zero-order valence-electron chi connectivity index (χ0n) is 14.9. The summed E-state index contributed by atoms with van der Waals surface area (Å²) in [5.41, 5.74) is 2.45. The molecule has 0 aliphatic rings. The molecule has 0 saturated heterocycles. The zero-order valence-corrected chi connectivity index (χ0v) is 15.6. The van der Waals surface area contributed by atoms with E-state index in [1.54, 1.807) is 43.5 Å². The van der Waals surface area contributed by atoms with Gasteiger partial charge < -0.3 is 9.47 Å². The first kappa shape index (κ1) is 18.7. The first-order valence-electron chi connectivity index (χ1n) is 8.48. The monoisotopic (exact) mass is 378 g/mol. The molecule has 27 heavy (non-hydrogen) atoms. The second kappa shape index (κ2) is 9.06. The molecule has 0 aliphatic carbocycles. The van der Waals surface area contributed by atoms with Crippen LogP contribution in [0.25, 0.3) is 6.08 Å². The third-order valence-corrected chi connectivity index (χ3v) is 4.25. The Morgan fingerprint density at radius 3 is 2.44 bits per heavy atom. The molecule has 3 nitrogen and oxygen atoms in total. The fraction of sp³-hybridized carbons (Fsp3) is 0.0870. The van der Waals surface area contributed by atoms with E-state index in [-0.39, 0.29) is 5.78 Å². The minimum absolute atomic E-state index is 0.0367. The van der Waals surface area contributed by atoms with Gasteiger partial charge in [0.05, 0.1) is 7.11 Å². The largest absolute Gasteiger partial charge is 0.496 e. The number of benzene rings is 3. The van der Waals surface area contributed by atoms with E-state index in [9.17, 15) is 4.79 Å². The fourth-order valence-corrected chi connectivity index (χ4v) is 2.70. The normalized spacial score (nSPS) is 10.7. The lowest BCUT2D eigenvalue weighted by molar-refractivity contribution is 0.104. The average molecular weight is 379 g/mol. The molecule has 0 atom stereocenters. The van der Waals surface area contributed by atoms with Gasteiger partial charge in [0, 0.05) is 16.1 Å². The maximum absolute atomic E-state index is 12.2. The average Bonchev–Trinajstić information content (AvgIpc) is 2.72. The van der Waals surface area contributed by atoms with Crippen molar-refractivity contribution in [1.82, 2.24) is 0 Å². The minimum atomic E-state index is -0.0367. The predicted octanol–water partition coefficient (Wildman–Crippen LogP) is 5.82. The third-order valence-electron chi connectivity index (χ3n) is 4.00. The molecule has 0 aliphatic heterocycles. The van der Waals surface area contributed by atoms with Gasteiger partial charge in [-0.1, -0.05) is 54.1 Å². The van der Waals surface area contributed by atoms with Gasteiger partial charge in [0.15, 0.2) is 5.78 Å². The summed E-state index contributed by atoms with van der Waals surface area (Å²) < 4.78 is 11.2. The summed E-state index contributed by atoms with van der Waals surface area (Å²) in [5, 5.41) is 0.662. The van der Waals surface area contributed by atoms with Crippen LogP contribution in [0.4, 0.5) is 0 Å². The smallest absolute Gasteiger partial charge is 0.185 e. The first-order chi connectivity index (χ1) is 13.2. The van der Waals surface area contributed by atoms with Crippen LogP contribution in [-0.4, -0.2) is 12.9 Å². The summed E-state index contributed by atoms with van der Waals surface area (Å²) in [7, 11) is 1.62. The molecular weight excluding hydrogens is 360 g/mol. The van der Waals surface area contributed by atoms with E-state index in [1.807, 2.05) is 48.5 Å². The number of ether oxygens (including phenoxy) is 2. The van der Waals surface area contributed by atoms with Crippen molar-refractivity contribution in [2.75, 3.05) is 7.11 Å². The predicted molar refractivity (Wildman–Crippen MR) is 109 cm³/mol. The zero-order chi connectivity index (χ0) is 19.1. The van der Waals surface area contributed by atoms with E-state index in [0.29, 0.717) is 17.2 Å². The van der Waals surface area contributed by atoms with Crippen LogP contribution in [0.1, 0.15) is 21.5 Å². The first-order valence-corrected chi connectivity index (χ1v) is 8.86. The Morgan fingerprint density at radius 1 is 1.00 bits per heavy atom. The van der Waals surface area contributed by atoms with Gasteiger partial charge in [-0.05, 0) is 48.0 Å². The highest BCUT2D eigenvalue weighted by molar-refractivity contribution is 6.30. The summed E-state index contributed by atoms with van der Waals surface area (Å²) in [6.07, 6.45) is 3.36. The second-order valence-corrected chi connectivity index (χ2v) is 6.31. The lowest BCUT2D eigenvalue weighted by Crippen LogP contribution is -1.99. The van der Waals surface area contributed by atoms with Crippen molar-refractivity contribution in [3.05, 3.63) is 101 Å². The third kappa shape index (κ3) is 5.22. The lowest BCUT2D eigenvalue weighted by atomic mass is 10.1. The van der Waals surface area contributed by atoms with Crippen molar-refractivity contribution in [3.63, 3.8) is 0 Å². The van der Waals surface area contributed by atoms with Crippen molar-refractivity contribution in [2.45, 2.75) is 6.61 Å². The van der Waals surface area contributed by atoms with Gasteiger partial charge in [0.25, 0.3) is 0 Å². The number of hydrogen-bond donors (Lipinski definition) is 0. The molecule has 3 aromatic rings. The molecule has 3 rings (SSSR count). The highest BCUT2D eigenvalue weighted by Crippen LogP contribution is 2.23. The molecule has 0 aromatic heterocycles. The van der Waals surface area contributed by atoms with Crippen LogP contribution in [0.5, 0.6) is 11.5 Å². The lowest BCUT2D eigenvalue weighted by Gasteiger charge is -2.11. The Bertz CT molecular complexity index is 932. The number of ketones is 1. The van der Waals surface area contributed by atoms with E-state index in [0.717, 1.165) is 22.6 Å². The summed E-state index contributed by atoms with van der Waals surface area (Å²) >= 11 is 5.89. The minimum Gasteiger partial charge on any atom is -0.496 e. The molecule has 0 heterocycles.